The second-order valence-corrected chi connectivity index (χ2v) is 6.89. The van der Waals surface area contributed by atoms with Crippen LogP contribution in [0.15, 0.2) is 16.6 Å². The van der Waals surface area contributed by atoms with E-state index in [0.717, 1.165) is 17.9 Å². The maximum Gasteiger partial charge on any atom is 0.139 e. The van der Waals surface area contributed by atoms with E-state index in [1.807, 2.05) is 0 Å². The highest BCUT2D eigenvalue weighted by Crippen LogP contribution is 2.25. The number of aromatic nitrogens is 2. The molecule has 1 aromatic heterocycles. The Labute approximate surface area is 129 Å². The van der Waals surface area contributed by atoms with Crippen LogP contribution in [0.25, 0.3) is 11.0 Å². The summed E-state index contributed by atoms with van der Waals surface area (Å²) in [6, 6.07) is 3.26. The summed E-state index contributed by atoms with van der Waals surface area (Å²) in [6.45, 7) is 3.02. The Bertz CT molecular complexity index is 588. The molecule has 0 aliphatic heterocycles. The summed E-state index contributed by atoms with van der Waals surface area (Å²) in [4.78, 5) is 4.50. The lowest BCUT2D eigenvalue weighted by molar-refractivity contribution is 0.622. The summed E-state index contributed by atoms with van der Waals surface area (Å²) >= 11 is 10.9. The van der Waals surface area contributed by atoms with Crippen molar-refractivity contribution in [3.8, 4) is 0 Å². The minimum atomic E-state index is -0.285. The van der Waals surface area contributed by atoms with Crippen molar-refractivity contribution in [1.82, 2.24) is 9.55 Å². The quantitative estimate of drug-likeness (QED) is 0.728. The van der Waals surface area contributed by atoms with Crippen molar-refractivity contribution in [3.63, 3.8) is 0 Å². The maximum absolute atomic E-state index is 13.6. The average molecular weight is 366 g/mol. The molecular weight excluding hydrogens is 351 g/mol. The molecule has 0 radical (unpaired) electrons. The van der Waals surface area contributed by atoms with Gasteiger partial charge in [-0.2, -0.15) is 11.8 Å². The fourth-order valence-corrected chi connectivity index (χ4v) is 2.78. The van der Waals surface area contributed by atoms with Gasteiger partial charge in [0.15, 0.2) is 0 Å². The lowest BCUT2D eigenvalue weighted by atomic mass is 10.3. The number of benzene rings is 1. The summed E-state index contributed by atoms with van der Waals surface area (Å²) in [5, 5.41) is 0.468. The lowest BCUT2D eigenvalue weighted by Gasteiger charge is -2.13. The van der Waals surface area contributed by atoms with E-state index in [0.29, 0.717) is 27.5 Å². The van der Waals surface area contributed by atoms with Gasteiger partial charge in [-0.25, -0.2) is 9.37 Å². The van der Waals surface area contributed by atoms with Crippen molar-refractivity contribution in [3.05, 3.63) is 28.2 Å². The molecule has 0 fully saturated rings. The highest BCUT2D eigenvalue weighted by molar-refractivity contribution is 9.10. The number of rotatable bonds is 5. The van der Waals surface area contributed by atoms with Gasteiger partial charge in [0.05, 0.1) is 15.5 Å². The highest BCUT2D eigenvalue weighted by Gasteiger charge is 2.14. The number of halogens is 3. The third kappa shape index (κ3) is 3.26. The van der Waals surface area contributed by atoms with Crippen LogP contribution in [0.2, 0.25) is 0 Å². The summed E-state index contributed by atoms with van der Waals surface area (Å²) in [5.74, 6) is 1.15. The van der Waals surface area contributed by atoms with E-state index in [4.69, 9.17) is 11.6 Å². The number of hydrogen-bond donors (Lipinski definition) is 0. The van der Waals surface area contributed by atoms with Crippen LogP contribution in [-0.2, 0) is 13.0 Å². The zero-order valence-corrected chi connectivity index (χ0v) is 13.9. The SMILES string of the molecule is CSC(C)Cn1c(CCCl)nc2cc(F)c(Br)cc21. The highest BCUT2D eigenvalue weighted by atomic mass is 79.9. The van der Waals surface area contributed by atoms with Gasteiger partial charge < -0.3 is 4.57 Å². The van der Waals surface area contributed by atoms with Crippen LogP contribution in [0.1, 0.15) is 12.7 Å². The second-order valence-electron chi connectivity index (χ2n) is 4.38. The first kappa shape index (κ1) is 15.1. The molecule has 2 aromatic rings. The first-order chi connectivity index (χ1) is 9.06. The molecule has 1 aromatic carbocycles. The zero-order chi connectivity index (χ0) is 14.0. The topological polar surface area (TPSA) is 17.8 Å². The number of alkyl halides is 1. The number of imidazole rings is 1. The van der Waals surface area contributed by atoms with Gasteiger partial charge in [0, 0.05) is 30.2 Å². The fourth-order valence-electron chi connectivity index (χ4n) is 1.98. The molecular formula is C13H15BrClFN2S. The Morgan fingerprint density at radius 1 is 1.53 bits per heavy atom. The van der Waals surface area contributed by atoms with E-state index in [1.165, 1.54) is 6.07 Å². The van der Waals surface area contributed by atoms with E-state index in [-0.39, 0.29) is 5.82 Å². The van der Waals surface area contributed by atoms with Crippen LogP contribution in [-0.4, -0.2) is 26.9 Å². The number of aryl methyl sites for hydroxylation is 1. The first-order valence-corrected chi connectivity index (χ1v) is 8.61. The summed E-state index contributed by atoms with van der Waals surface area (Å²) in [7, 11) is 0. The van der Waals surface area contributed by atoms with Crippen LogP contribution < -0.4 is 0 Å². The van der Waals surface area contributed by atoms with Crippen molar-refractivity contribution >= 4 is 50.3 Å². The van der Waals surface area contributed by atoms with E-state index >= 15 is 0 Å². The fraction of sp³-hybridized carbons (Fsp3) is 0.462. The smallest absolute Gasteiger partial charge is 0.139 e. The van der Waals surface area contributed by atoms with E-state index in [2.05, 4.69) is 38.7 Å². The molecule has 6 heteroatoms. The zero-order valence-electron chi connectivity index (χ0n) is 10.8. The third-order valence-corrected chi connectivity index (χ3v) is 4.78. The van der Waals surface area contributed by atoms with Crippen molar-refractivity contribution in [1.29, 1.82) is 0 Å². The molecule has 1 unspecified atom stereocenters. The van der Waals surface area contributed by atoms with Gasteiger partial charge in [0.25, 0.3) is 0 Å². The first-order valence-electron chi connectivity index (χ1n) is 5.99. The van der Waals surface area contributed by atoms with Gasteiger partial charge in [-0.1, -0.05) is 6.92 Å². The molecule has 19 heavy (non-hydrogen) atoms. The Hall–Kier alpha value is -0.260. The Balaban J connectivity index is 2.55. The van der Waals surface area contributed by atoms with Gasteiger partial charge in [-0.05, 0) is 28.3 Å². The van der Waals surface area contributed by atoms with E-state index in [9.17, 15) is 4.39 Å². The van der Waals surface area contributed by atoms with Crippen molar-refractivity contribution < 1.29 is 4.39 Å². The number of nitrogens with zero attached hydrogens (tertiary/aromatic N) is 2. The Morgan fingerprint density at radius 2 is 2.26 bits per heavy atom. The average Bonchev–Trinajstić information content (AvgIpc) is 2.68. The van der Waals surface area contributed by atoms with Crippen LogP contribution >= 0.6 is 39.3 Å². The lowest BCUT2D eigenvalue weighted by Crippen LogP contribution is -2.12. The monoisotopic (exact) mass is 364 g/mol. The van der Waals surface area contributed by atoms with Gasteiger partial charge >= 0.3 is 0 Å². The normalized spacial score (nSPS) is 13.1. The molecule has 1 atom stereocenters. The molecule has 0 bridgehead atoms. The minimum Gasteiger partial charge on any atom is -0.327 e. The Morgan fingerprint density at radius 3 is 2.89 bits per heavy atom. The Kier molecular flexibility index (Phi) is 5.15. The molecule has 0 aliphatic carbocycles. The standard InChI is InChI=1S/C13H15BrClFN2S/c1-8(19-2)7-18-12-5-9(14)10(16)6-11(12)17-13(18)3-4-15/h5-6,8H,3-4,7H2,1-2H3. The molecule has 0 spiro atoms. The number of thioether (sulfide) groups is 1. The summed E-state index contributed by atoms with van der Waals surface area (Å²) in [6.07, 6.45) is 2.77. The van der Waals surface area contributed by atoms with Gasteiger partial charge in [-0.3, -0.25) is 0 Å². The molecule has 104 valence electrons. The predicted molar refractivity (Wildman–Crippen MR) is 84.8 cm³/mol. The molecule has 0 aliphatic rings. The minimum absolute atomic E-state index is 0.285. The van der Waals surface area contributed by atoms with Crippen LogP contribution in [0, 0.1) is 5.82 Å². The van der Waals surface area contributed by atoms with Gasteiger partial charge in [0.2, 0.25) is 0 Å². The number of fused-ring (bicyclic) bond motifs is 1. The molecule has 0 N–H and O–H groups in total. The van der Waals surface area contributed by atoms with Crippen molar-refractivity contribution in [2.45, 2.75) is 25.1 Å². The van der Waals surface area contributed by atoms with E-state index < -0.39 is 0 Å². The summed E-state index contributed by atoms with van der Waals surface area (Å²) in [5.41, 5.74) is 1.64. The molecule has 2 rings (SSSR count). The molecule has 0 amide bonds. The molecule has 0 saturated heterocycles. The summed E-state index contributed by atoms with van der Waals surface area (Å²) < 4.78 is 16.2. The second kappa shape index (κ2) is 6.46. The third-order valence-electron chi connectivity index (χ3n) is 3.03. The van der Waals surface area contributed by atoms with Crippen LogP contribution in [0.5, 0.6) is 0 Å². The van der Waals surface area contributed by atoms with Crippen molar-refractivity contribution in [2.24, 2.45) is 0 Å². The van der Waals surface area contributed by atoms with Crippen LogP contribution in [0.3, 0.4) is 0 Å². The largest absolute Gasteiger partial charge is 0.327 e. The molecule has 2 nitrogen and oxygen atoms in total. The predicted octanol–water partition coefficient (Wildman–Crippen LogP) is 4.47. The van der Waals surface area contributed by atoms with E-state index in [1.54, 1.807) is 17.8 Å². The number of hydrogen-bond acceptors (Lipinski definition) is 2. The molecule has 1 heterocycles. The maximum atomic E-state index is 13.6. The van der Waals surface area contributed by atoms with Gasteiger partial charge in [0.1, 0.15) is 11.6 Å². The van der Waals surface area contributed by atoms with Crippen molar-refractivity contribution in [2.75, 3.05) is 12.1 Å². The van der Waals surface area contributed by atoms with Gasteiger partial charge in [-0.15, -0.1) is 11.6 Å². The molecule has 0 saturated carbocycles. The van der Waals surface area contributed by atoms with Crippen LogP contribution in [0.4, 0.5) is 4.39 Å².